The Balaban J connectivity index is 0.00000420. The molecule has 7 nitrogen and oxygen atoms in total. The van der Waals surface area contributed by atoms with Crippen LogP contribution in [0.5, 0.6) is 0 Å². The highest BCUT2D eigenvalue weighted by Gasteiger charge is 2.07. The summed E-state index contributed by atoms with van der Waals surface area (Å²) in [6.07, 6.45) is 0.914. The van der Waals surface area contributed by atoms with Gasteiger partial charge in [-0.05, 0) is 31.0 Å². The maximum atomic E-state index is 5.49. The van der Waals surface area contributed by atoms with Crippen molar-refractivity contribution in [3.05, 3.63) is 35.9 Å². The van der Waals surface area contributed by atoms with Crippen LogP contribution in [0.2, 0.25) is 0 Å². The second kappa shape index (κ2) is 14.4. The van der Waals surface area contributed by atoms with Crippen molar-refractivity contribution in [3.63, 3.8) is 0 Å². The van der Waals surface area contributed by atoms with Crippen LogP contribution >= 0.6 is 24.0 Å². The van der Waals surface area contributed by atoms with Crippen LogP contribution < -0.4 is 15.5 Å². The van der Waals surface area contributed by atoms with Crippen molar-refractivity contribution in [1.29, 1.82) is 0 Å². The topological polar surface area (TPSA) is 71.0 Å². The third kappa shape index (κ3) is 8.71. The zero-order valence-corrected chi connectivity index (χ0v) is 20.2. The van der Waals surface area contributed by atoms with Crippen molar-refractivity contribution >= 4 is 46.7 Å². The van der Waals surface area contributed by atoms with E-state index in [4.69, 9.17) is 19.5 Å². The van der Waals surface area contributed by atoms with Crippen LogP contribution in [0.1, 0.15) is 18.9 Å². The number of aliphatic imine (C=N–C) groups is 1. The average molecular weight is 515 g/mol. The predicted octanol–water partition coefficient (Wildman–Crippen LogP) is 3.03. The minimum atomic E-state index is 0. The molecule has 0 atom stereocenters. The molecule has 8 heteroatoms. The van der Waals surface area contributed by atoms with Gasteiger partial charge in [0, 0.05) is 46.3 Å². The Labute approximate surface area is 191 Å². The van der Waals surface area contributed by atoms with Gasteiger partial charge in [-0.3, -0.25) is 0 Å². The Bertz CT molecular complexity index is 755. The van der Waals surface area contributed by atoms with E-state index in [1.54, 1.807) is 7.11 Å². The minimum absolute atomic E-state index is 0. The number of hydrogen-bond donors (Lipinski definition) is 2. The highest BCUT2D eigenvalue weighted by molar-refractivity contribution is 14.0. The van der Waals surface area contributed by atoms with Gasteiger partial charge in [0.05, 0.1) is 25.3 Å². The summed E-state index contributed by atoms with van der Waals surface area (Å²) in [6.45, 7) is 6.24. The number of halogens is 1. The monoisotopic (exact) mass is 515 g/mol. The Hall–Kier alpha value is -1.65. The highest BCUT2D eigenvalue weighted by atomic mass is 127. The van der Waals surface area contributed by atoms with Gasteiger partial charge in [0.25, 0.3) is 0 Å². The number of ether oxygens (including phenoxy) is 2. The first kappa shape index (κ1) is 25.4. The lowest BCUT2D eigenvalue weighted by Gasteiger charge is -2.15. The van der Waals surface area contributed by atoms with Gasteiger partial charge in [-0.25, -0.2) is 9.98 Å². The van der Waals surface area contributed by atoms with Gasteiger partial charge in [0.15, 0.2) is 5.96 Å². The number of rotatable bonds is 11. The van der Waals surface area contributed by atoms with Crippen LogP contribution in [0, 0.1) is 0 Å². The van der Waals surface area contributed by atoms with Gasteiger partial charge >= 0.3 is 0 Å². The summed E-state index contributed by atoms with van der Waals surface area (Å²) in [5.74, 6) is 1.75. The lowest BCUT2D eigenvalue weighted by Crippen LogP contribution is -2.38. The van der Waals surface area contributed by atoms with Gasteiger partial charge in [-0.1, -0.05) is 18.2 Å². The van der Waals surface area contributed by atoms with Crippen LogP contribution in [0.3, 0.4) is 0 Å². The molecule has 0 aliphatic carbocycles. The number of hydrogen-bond acceptors (Lipinski definition) is 5. The Morgan fingerprint density at radius 2 is 1.93 bits per heavy atom. The molecular formula is C21H34IN5O2. The molecule has 1 heterocycles. The molecule has 0 saturated heterocycles. The summed E-state index contributed by atoms with van der Waals surface area (Å²) in [5.41, 5.74) is 2.15. The van der Waals surface area contributed by atoms with Gasteiger partial charge in [0.1, 0.15) is 5.82 Å². The maximum Gasteiger partial charge on any atom is 0.191 e. The van der Waals surface area contributed by atoms with E-state index in [1.807, 2.05) is 37.2 Å². The van der Waals surface area contributed by atoms with Crippen LogP contribution in [0.15, 0.2) is 35.3 Å². The molecule has 0 saturated carbocycles. The fourth-order valence-electron chi connectivity index (χ4n) is 2.72. The van der Waals surface area contributed by atoms with E-state index < -0.39 is 0 Å². The number of methoxy groups -OCH3 is 1. The van der Waals surface area contributed by atoms with E-state index in [0.29, 0.717) is 26.4 Å². The van der Waals surface area contributed by atoms with Crippen LogP contribution in [0.4, 0.5) is 5.82 Å². The molecule has 2 aromatic rings. The average Bonchev–Trinajstić information content (AvgIpc) is 2.70. The number of nitrogens with one attached hydrogen (secondary N) is 2. The summed E-state index contributed by atoms with van der Waals surface area (Å²) in [4.78, 5) is 11.5. The SMILES string of the molecule is CCNC(=NCc1cc(N(C)C)nc2ccccc12)NCCCOCCOC.I. The fraction of sp³-hybridized carbons (Fsp3) is 0.524. The maximum absolute atomic E-state index is 5.49. The largest absolute Gasteiger partial charge is 0.382 e. The molecule has 29 heavy (non-hydrogen) atoms. The molecular weight excluding hydrogens is 481 g/mol. The summed E-state index contributed by atoms with van der Waals surface area (Å²) in [6, 6.07) is 10.3. The smallest absolute Gasteiger partial charge is 0.191 e. The zero-order chi connectivity index (χ0) is 20.2. The summed E-state index contributed by atoms with van der Waals surface area (Å²) >= 11 is 0. The van der Waals surface area contributed by atoms with Gasteiger partial charge < -0.3 is 25.0 Å². The van der Waals surface area contributed by atoms with E-state index in [-0.39, 0.29) is 24.0 Å². The minimum Gasteiger partial charge on any atom is -0.382 e. The van der Waals surface area contributed by atoms with Gasteiger partial charge in [-0.15, -0.1) is 24.0 Å². The summed E-state index contributed by atoms with van der Waals surface area (Å²) in [5, 5.41) is 7.81. The van der Waals surface area contributed by atoms with Crippen LogP contribution in [-0.2, 0) is 16.0 Å². The molecule has 0 bridgehead atoms. The number of nitrogens with zero attached hydrogens (tertiary/aromatic N) is 3. The third-order valence-corrected chi connectivity index (χ3v) is 4.19. The Morgan fingerprint density at radius 3 is 2.66 bits per heavy atom. The first-order valence-corrected chi connectivity index (χ1v) is 9.80. The molecule has 0 aliphatic heterocycles. The molecule has 2 N–H and O–H groups in total. The first-order chi connectivity index (χ1) is 13.7. The molecule has 2 rings (SSSR count). The van der Waals surface area contributed by atoms with Crippen LogP contribution in [0.25, 0.3) is 10.9 Å². The number of fused-ring (bicyclic) bond motifs is 1. The Kier molecular flexibility index (Phi) is 12.6. The van der Waals surface area contributed by atoms with Crippen molar-refractivity contribution in [3.8, 4) is 0 Å². The standard InChI is InChI=1S/C21H33N5O2.HI/c1-5-22-21(23-11-8-12-28-14-13-27-4)24-16-17-15-20(26(2)3)25-19-10-7-6-9-18(17)19;/h6-7,9-10,15H,5,8,11-14,16H2,1-4H3,(H2,22,23,24);1H. The van der Waals surface area contributed by atoms with Crippen molar-refractivity contribution in [2.24, 2.45) is 4.99 Å². The molecule has 0 aliphatic rings. The molecule has 0 spiro atoms. The van der Waals surface area contributed by atoms with E-state index in [2.05, 4.69) is 29.7 Å². The predicted molar refractivity (Wildman–Crippen MR) is 132 cm³/mol. The lowest BCUT2D eigenvalue weighted by atomic mass is 10.1. The van der Waals surface area contributed by atoms with E-state index in [0.717, 1.165) is 47.8 Å². The molecule has 0 fully saturated rings. The van der Waals surface area contributed by atoms with Crippen LogP contribution in [-0.4, -0.2) is 65.1 Å². The van der Waals surface area contributed by atoms with Crippen molar-refractivity contribution in [2.75, 3.05) is 59.0 Å². The molecule has 0 amide bonds. The number of anilines is 1. The molecule has 0 radical (unpaired) electrons. The molecule has 1 aromatic heterocycles. The van der Waals surface area contributed by atoms with E-state index >= 15 is 0 Å². The molecule has 162 valence electrons. The molecule has 1 aromatic carbocycles. The number of para-hydroxylation sites is 1. The lowest BCUT2D eigenvalue weighted by molar-refractivity contribution is 0.0698. The second-order valence-electron chi connectivity index (χ2n) is 6.63. The number of guanidine groups is 1. The number of aromatic nitrogens is 1. The quantitative estimate of drug-likeness (QED) is 0.208. The summed E-state index contributed by atoms with van der Waals surface area (Å²) < 4.78 is 10.5. The van der Waals surface area contributed by atoms with Crippen molar-refractivity contribution in [2.45, 2.75) is 19.9 Å². The number of pyridine rings is 1. The van der Waals surface area contributed by atoms with Crippen molar-refractivity contribution < 1.29 is 9.47 Å². The number of benzene rings is 1. The first-order valence-electron chi connectivity index (χ1n) is 9.80. The van der Waals surface area contributed by atoms with E-state index in [1.165, 1.54) is 0 Å². The third-order valence-electron chi connectivity index (χ3n) is 4.19. The van der Waals surface area contributed by atoms with Gasteiger partial charge in [-0.2, -0.15) is 0 Å². The second-order valence-corrected chi connectivity index (χ2v) is 6.63. The van der Waals surface area contributed by atoms with Gasteiger partial charge in [0.2, 0.25) is 0 Å². The fourth-order valence-corrected chi connectivity index (χ4v) is 2.72. The normalized spacial score (nSPS) is 11.2. The molecule has 0 unspecified atom stereocenters. The zero-order valence-electron chi connectivity index (χ0n) is 17.9. The highest BCUT2D eigenvalue weighted by Crippen LogP contribution is 2.22. The van der Waals surface area contributed by atoms with E-state index in [9.17, 15) is 0 Å². The van der Waals surface area contributed by atoms with Crippen molar-refractivity contribution in [1.82, 2.24) is 15.6 Å². The Morgan fingerprint density at radius 1 is 1.14 bits per heavy atom. The summed E-state index contributed by atoms with van der Waals surface area (Å²) in [7, 11) is 5.69.